The Bertz CT molecular complexity index is 1370. The van der Waals surface area contributed by atoms with Crippen molar-refractivity contribution in [2.45, 2.75) is 83.1 Å². The number of aromatic nitrogens is 4. The second-order valence-corrected chi connectivity index (χ2v) is 17.5. The van der Waals surface area contributed by atoms with E-state index < -0.39 is 20.5 Å². The van der Waals surface area contributed by atoms with E-state index in [-0.39, 0.29) is 43.5 Å². The largest absolute Gasteiger partial charge is 0.222 e. The van der Waals surface area contributed by atoms with Crippen LogP contribution in [0.1, 0.15) is 67.8 Å². The number of nitrogens with zero attached hydrogens (tertiary/aromatic N) is 4. The number of rotatable bonds is 4. The van der Waals surface area contributed by atoms with Gasteiger partial charge in [0, 0.05) is 0 Å². The Morgan fingerprint density at radius 2 is 0.417 bits per heavy atom. The fourth-order valence-electron chi connectivity index (χ4n) is 5.00. The summed E-state index contributed by atoms with van der Waals surface area (Å²) in [6.45, 7) is 26.3. The zero-order chi connectivity index (χ0) is 37.3. The average Bonchev–Trinajstić information content (AvgIpc) is 2.84. The van der Waals surface area contributed by atoms with E-state index >= 15 is 0 Å². The Balaban J connectivity index is 0.000000376. The van der Waals surface area contributed by atoms with E-state index in [1.54, 1.807) is 0 Å². The van der Waals surface area contributed by atoms with E-state index in [2.05, 4.69) is 143 Å². The van der Waals surface area contributed by atoms with Gasteiger partial charge in [-0.3, -0.25) is 0 Å². The Hall–Kier alpha value is -1.68. The van der Waals surface area contributed by atoms with Gasteiger partial charge in [0.25, 0.3) is 0 Å². The first kappa shape index (κ1) is 44.3. The van der Waals surface area contributed by atoms with Crippen molar-refractivity contribution < 1.29 is 112 Å². The minimum atomic E-state index is -4.94. The normalized spacial score (nSPS) is 11.2. The molecule has 0 spiro atoms. The van der Waals surface area contributed by atoms with Gasteiger partial charge in [-0.2, -0.15) is 0 Å². The third-order valence-corrected chi connectivity index (χ3v) is 14.1. The molecular weight excluding hydrogens is 893 g/mol. The quantitative estimate of drug-likeness (QED) is 0.180. The first-order chi connectivity index (χ1) is 21.8. The topological polar surface area (TPSA) is 200 Å². The molecule has 0 aliphatic carbocycles. The van der Waals surface area contributed by atoms with Gasteiger partial charge in [0.15, 0.2) is 0 Å². The monoisotopic (exact) mass is 936 g/mol. The molecule has 0 aliphatic rings. The van der Waals surface area contributed by atoms with Crippen molar-refractivity contribution in [3.63, 3.8) is 0 Å². The van der Waals surface area contributed by atoms with Crippen molar-refractivity contribution in [1.29, 1.82) is 0 Å². The predicted octanol–water partition coefficient (Wildman–Crippen LogP) is -10.7. The second-order valence-electron chi connectivity index (χ2n) is 11.3. The fourth-order valence-corrected chi connectivity index (χ4v) is 9.70. The van der Waals surface area contributed by atoms with E-state index in [1.165, 1.54) is 67.8 Å². The van der Waals surface area contributed by atoms with Crippen molar-refractivity contribution in [2.75, 3.05) is 0 Å². The third kappa shape index (κ3) is 16.8. The Labute approximate surface area is 309 Å². The summed E-state index contributed by atoms with van der Waals surface area (Å²) in [7, 11) is -9.89. The smallest absolute Gasteiger partial charge is 0.112 e. The zero-order valence-corrected chi connectivity index (χ0v) is 35.0. The van der Waals surface area contributed by atoms with Gasteiger partial charge < -0.3 is 0 Å². The molecule has 268 valence electrons. The summed E-state index contributed by atoms with van der Waals surface area (Å²) < 4.78 is 77.8. The van der Waals surface area contributed by atoms with Gasteiger partial charge in [0.1, 0.15) is 0 Å². The molecule has 0 amide bonds. The van der Waals surface area contributed by atoms with E-state index in [1.807, 2.05) is 0 Å². The number of pyridine rings is 4. The predicted molar refractivity (Wildman–Crippen MR) is 145 cm³/mol. The van der Waals surface area contributed by atoms with E-state index in [0.29, 0.717) is 0 Å². The summed E-state index contributed by atoms with van der Waals surface area (Å²) in [6, 6.07) is 18.2. The molecule has 48 heavy (non-hydrogen) atoms. The summed E-state index contributed by atoms with van der Waals surface area (Å²) in [5.74, 6) is 0. The molecule has 0 saturated carbocycles. The molecule has 0 radical (unpaired) electrons. The summed E-state index contributed by atoms with van der Waals surface area (Å²) in [5.41, 5.74) is 16.2. The van der Waals surface area contributed by atoms with Gasteiger partial charge in [-0.25, -0.2) is 37.3 Å². The Morgan fingerprint density at radius 1 is 0.312 bits per heavy atom. The molecule has 4 heterocycles. The average molecular weight is 937 g/mol. The van der Waals surface area contributed by atoms with Gasteiger partial charge in [-0.1, -0.05) is 0 Å². The molecular formula is C32H44Cl2I2N4O8. The molecule has 0 aromatic carbocycles. The summed E-state index contributed by atoms with van der Waals surface area (Å²) in [6.07, 6.45) is 0. The molecule has 4 aromatic rings. The molecule has 0 N–H and O–H groups in total. The van der Waals surface area contributed by atoms with Gasteiger partial charge in [-0.15, -0.1) is 20.5 Å². The Kier molecular flexibility index (Phi) is 17.6. The van der Waals surface area contributed by atoms with E-state index in [9.17, 15) is 0 Å². The van der Waals surface area contributed by atoms with Crippen LogP contribution in [0.5, 0.6) is 0 Å². The number of hydrogen-bond donors (Lipinski definition) is 0. The molecule has 16 heteroatoms. The summed E-state index contributed by atoms with van der Waals surface area (Å²) in [5, 5.41) is 0. The standard InChI is InChI=1S/2C16H22IN2.2ClHO4/c2*1-11-7-13(3)18(14(4)8-11)17-19-15(5)9-12(2)10-16(19)6;2*2-1(3,4)5/h2*7-10H,1-6H3;2*(H,2,3,4,5)/q2*+1;;/p-2. The van der Waals surface area contributed by atoms with Crippen LogP contribution in [0.25, 0.3) is 0 Å². The molecule has 0 fully saturated rings. The van der Waals surface area contributed by atoms with Crippen LogP contribution in [0, 0.1) is 104 Å². The first-order valence-corrected chi connectivity index (χ1v) is 20.6. The molecule has 12 nitrogen and oxygen atoms in total. The van der Waals surface area contributed by atoms with Crippen molar-refractivity contribution in [1.82, 2.24) is 0 Å². The summed E-state index contributed by atoms with van der Waals surface area (Å²) in [4.78, 5) is 0. The maximum absolute atomic E-state index is 8.49. The van der Waals surface area contributed by atoms with Crippen molar-refractivity contribution >= 4 is 0 Å². The minimum absolute atomic E-state index is 0.250. The van der Waals surface area contributed by atoms with Crippen LogP contribution in [0.4, 0.5) is 0 Å². The SMILES string of the molecule is Cc1cc(C)[n+]([I-][n+]2c(C)cc(C)cc2C)c(C)c1.Cc1cc(C)[n+]([I-][n+]2c(C)cc(C)cc2C)c(C)c1.[O-][Cl+3]([O-])([O-])[O-].[O-][Cl+3]([O-])([O-])[O-]. The van der Waals surface area contributed by atoms with Crippen LogP contribution in [0.3, 0.4) is 0 Å². The van der Waals surface area contributed by atoms with Crippen LogP contribution in [0.15, 0.2) is 48.5 Å². The van der Waals surface area contributed by atoms with Crippen LogP contribution in [-0.2, 0) is 0 Å². The molecule has 0 aliphatic heterocycles. The fraction of sp³-hybridized carbons (Fsp3) is 0.375. The van der Waals surface area contributed by atoms with Gasteiger partial charge >= 0.3 is 254 Å². The van der Waals surface area contributed by atoms with Gasteiger partial charge in [0.2, 0.25) is 0 Å². The zero-order valence-electron chi connectivity index (χ0n) is 29.2. The van der Waals surface area contributed by atoms with Gasteiger partial charge in [0.05, 0.1) is 0 Å². The number of halogens is 4. The first-order valence-electron chi connectivity index (χ1n) is 14.3. The van der Waals surface area contributed by atoms with Crippen molar-refractivity contribution in [3.8, 4) is 0 Å². The van der Waals surface area contributed by atoms with Gasteiger partial charge in [-0.05, 0) is 0 Å². The third-order valence-electron chi connectivity index (χ3n) is 6.27. The molecule has 0 saturated heterocycles. The number of aryl methyl sites for hydroxylation is 12. The number of hydrogen-bond acceptors (Lipinski definition) is 8. The van der Waals surface area contributed by atoms with Crippen LogP contribution >= 0.6 is 0 Å². The molecule has 0 unspecified atom stereocenters. The van der Waals surface area contributed by atoms with Crippen molar-refractivity contribution in [2.24, 2.45) is 0 Å². The van der Waals surface area contributed by atoms with E-state index in [0.717, 1.165) is 0 Å². The van der Waals surface area contributed by atoms with Crippen LogP contribution in [-0.4, -0.2) is 0 Å². The molecule has 4 aromatic heterocycles. The van der Waals surface area contributed by atoms with Crippen LogP contribution < -0.4 is 91.9 Å². The Morgan fingerprint density at radius 3 is 0.521 bits per heavy atom. The van der Waals surface area contributed by atoms with Crippen molar-refractivity contribution in [3.05, 3.63) is 116 Å². The van der Waals surface area contributed by atoms with E-state index in [4.69, 9.17) is 37.3 Å². The summed E-state index contributed by atoms with van der Waals surface area (Å²) >= 11 is -0.501. The van der Waals surface area contributed by atoms with Crippen LogP contribution in [0.2, 0.25) is 0 Å². The minimum Gasteiger partial charge on any atom is -0.222 e. The molecule has 0 atom stereocenters. The molecule has 4 rings (SSSR count). The molecule has 0 bridgehead atoms. The second kappa shape index (κ2) is 19.1. The maximum atomic E-state index is 8.49. The maximum Gasteiger partial charge on any atom is -0.112 e.